The molecule has 0 aliphatic carbocycles. The highest BCUT2D eigenvalue weighted by atomic mass is 35.5. The Labute approximate surface area is 130 Å². The van der Waals surface area contributed by atoms with Crippen LogP contribution >= 0.6 is 11.6 Å². The van der Waals surface area contributed by atoms with Crippen molar-refractivity contribution in [2.24, 2.45) is 0 Å². The van der Waals surface area contributed by atoms with Gasteiger partial charge in [0.1, 0.15) is 5.82 Å². The molecule has 21 heavy (non-hydrogen) atoms. The van der Waals surface area contributed by atoms with Crippen LogP contribution in [0.2, 0.25) is 5.02 Å². The molecule has 0 amide bonds. The monoisotopic (exact) mass is 337 g/mol. The Hall–Kier alpha value is -0.730. The molecule has 2 N–H and O–H groups in total. The van der Waals surface area contributed by atoms with Gasteiger partial charge in [-0.15, -0.1) is 0 Å². The molecular weight excluding hydrogens is 317 g/mol. The Morgan fingerprint density at radius 2 is 2.00 bits per heavy atom. The molecule has 8 heteroatoms. The summed E-state index contributed by atoms with van der Waals surface area (Å²) >= 11 is 5.82. The number of hydrogen-bond acceptors (Lipinski definition) is 4. The van der Waals surface area contributed by atoms with Gasteiger partial charge in [0.05, 0.1) is 9.92 Å². The second kappa shape index (κ2) is 8.05. The van der Waals surface area contributed by atoms with E-state index in [1.807, 2.05) is 19.0 Å². The molecule has 0 aromatic heterocycles. The van der Waals surface area contributed by atoms with Crippen LogP contribution in [-0.4, -0.2) is 47.6 Å². The smallest absolute Gasteiger partial charge is 0.240 e. The maximum atomic E-state index is 13.7. The summed E-state index contributed by atoms with van der Waals surface area (Å²) in [5.41, 5.74) is 0.410. The van der Waals surface area contributed by atoms with E-state index in [1.165, 1.54) is 6.07 Å². The first-order valence-corrected chi connectivity index (χ1v) is 8.41. The molecule has 1 rings (SSSR count). The molecule has 0 radical (unpaired) electrons. The van der Waals surface area contributed by atoms with Crippen molar-refractivity contribution in [1.82, 2.24) is 14.9 Å². The van der Waals surface area contributed by atoms with Gasteiger partial charge in [-0.2, -0.15) is 0 Å². The van der Waals surface area contributed by atoms with Crippen molar-refractivity contribution >= 4 is 21.6 Å². The normalized spacial score (nSPS) is 12.1. The molecule has 1 aromatic rings. The Morgan fingerprint density at radius 1 is 1.33 bits per heavy atom. The largest absolute Gasteiger partial charge is 0.316 e. The minimum absolute atomic E-state index is 0.0593. The lowest BCUT2D eigenvalue weighted by Gasteiger charge is -2.12. The van der Waals surface area contributed by atoms with E-state index < -0.39 is 15.8 Å². The second-order valence-corrected chi connectivity index (χ2v) is 7.11. The summed E-state index contributed by atoms with van der Waals surface area (Å²) in [5, 5.41) is 2.76. The Bertz CT molecular complexity index is 579. The maximum Gasteiger partial charge on any atom is 0.240 e. The summed E-state index contributed by atoms with van der Waals surface area (Å²) in [6, 6.07) is 2.33. The lowest BCUT2D eigenvalue weighted by Crippen LogP contribution is -2.27. The van der Waals surface area contributed by atoms with Crippen molar-refractivity contribution in [3.63, 3.8) is 0 Å². The van der Waals surface area contributed by atoms with Gasteiger partial charge in [-0.05, 0) is 51.8 Å². The Kier molecular flexibility index (Phi) is 7.02. The summed E-state index contributed by atoms with van der Waals surface area (Å²) in [7, 11) is 1.76. The third kappa shape index (κ3) is 5.52. The zero-order chi connectivity index (χ0) is 16.0. The predicted octanol–water partition coefficient (Wildman–Crippen LogP) is 1.43. The number of nitrogens with zero attached hydrogens (tertiary/aromatic N) is 1. The fourth-order valence-electron chi connectivity index (χ4n) is 1.78. The average molecular weight is 338 g/mol. The Balaban J connectivity index is 2.87. The number of halogens is 2. The standard InChI is InChI=1S/C13H21ClFN3O2S/c1-16-9-10-7-11(8-12(15)13(10)14)21(19,20)17-5-4-6-18(2)3/h7-8,16-17H,4-6,9H2,1-3H3. The molecule has 0 saturated heterocycles. The SMILES string of the molecule is CNCc1cc(S(=O)(=O)NCCCN(C)C)cc(F)c1Cl. The highest BCUT2D eigenvalue weighted by molar-refractivity contribution is 7.89. The molecule has 0 atom stereocenters. The molecular formula is C13H21ClFN3O2S. The number of hydrogen-bond donors (Lipinski definition) is 2. The van der Waals surface area contributed by atoms with Crippen LogP contribution in [0.5, 0.6) is 0 Å². The highest BCUT2D eigenvalue weighted by Crippen LogP contribution is 2.24. The van der Waals surface area contributed by atoms with Gasteiger partial charge in [-0.3, -0.25) is 0 Å². The van der Waals surface area contributed by atoms with E-state index in [0.717, 1.165) is 12.6 Å². The molecule has 0 heterocycles. The van der Waals surface area contributed by atoms with Gasteiger partial charge in [0, 0.05) is 13.1 Å². The number of sulfonamides is 1. The van der Waals surface area contributed by atoms with Crippen molar-refractivity contribution in [3.05, 3.63) is 28.5 Å². The van der Waals surface area contributed by atoms with Crippen LogP contribution in [0.3, 0.4) is 0 Å². The zero-order valence-electron chi connectivity index (χ0n) is 12.4. The molecule has 0 spiro atoms. The van der Waals surface area contributed by atoms with Crippen LogP contribution in [0.15, 0.2) is 17.0 Å². The van der Waals surface area contributed by atoms with Crippen LogP contribution in [0, 0.1) is 5.82 Å². The van der Waals surface area contributed by atoms with Crippen molar-refractivity contribution in [2.75, 3.05) is 34.2 Å². The van der Waals surface area contributed by atoms with Gasteiger partial charge in [-0.1, -0.05) is 11.6 Å². The minimum Gasteiger partial charge on any atom is -0.316 e. The number of nitrogens with one attached hydrogen (secondary N) is 2. The van der Waals surface area contributed by atoms with Gasteiger partial charge in [0.25, 0.3) is 0 Å². The first-order chi connectivity index (χ1) is 9.77. The fourth-order valence-corrected chi connectivity index (χ4v) is 3.09. The predicted molar refractivity (Wildman–Crippen MR) is 82.5 cm³/mol. The molecule has 0 saturated carbocycles. The van der Waals surface area contributed by atoms with E-state index in [4.69, 9.17) is 11.6 Å². The van der Waals surface area contributed by atoms with E-state index in [0.29, 0.717) is 25.1 Å². The van der Waals surface area contributed by atoms with Crippen LogP contribution in [0.25, 0.3) is 0 Å². The Morgan fingerprint density at radius 3 is 2.57 bits per heavy atom. The third-order valence-corrected chi connectivity index (χ3v) is 4.69. The molecule has 0 unspecified atom stereocenters. The van der Waals surface area contributed by atoms with Gasteiger partial charge in [0.15, 0.2) is 0 Å². The molecule has 0 fully saturated rings. The molecule has 120 valence electrons. The molecule has 1 aromatic carbocycles. The number of benzene rings is 1. The third-order valence-electron chi connectivity index (χ3n) is 2.83. The van der Waals surface area contributed by atoms with Crippen molar-refractivity contribution in [3.8, 4) is 0 Å². The van der Waals surface area contributed by atoms with Gasteiger partial charge >= 0.3 is 0 Å². The van der Waals surface area contributed by atoms with E-state index in [1.54, 1.807) is 7.05 Å². The van der Waals surface area contributed by atoms with E-state index >= 15 is 0 Å². The van der Waals surface area contributed by atoms with Crippen molar-refractivity contribution < 1.29 is 12.8 Å². The summed E-state index contributed by atoms with van der Waals surface area (Å²) in [5.74, 6) is -0.738. The number of rotatable bonds is 8. The lowest BCUT2D eigenvalue weighted by atomic mass is 10.2. The van der Waals surface area contributed by atoms with E-state index in [2.05, 4.69) is 10.0 Å². The summed E-state index contributed by atoms with van der Waals surface area (Å²) in [4.78, 5) is 1.85. The van der Waals surface area contributed by atoms with Crippen LogP contribution < -0.4 is 10.0 Å². The molecule has 0 aliphatic rings. The quantitative estimate of drug-likeness (QED) is 0.704. The van der Waals surface area contributed by atoms with Crippen molar-refractivity contribution in [2.45, 2.75) is 17.9 Å². The van der Waals surface area contributed by atoms with Crippen molar-refractivity contribution in [1.29, 1.82) is 0 Å². The average Bonchev–Trinajstić information content (AvgIpc) is 2.39. The first kappa shape index (κ1) is 18.3. The lowest BCUT2D eigenvalue weighted by molar-refractivity contribution is 0.400. The summed E-state index contributed by atoms with van der Waals surface area (Å²) < 4.78 is 40.5. The van der Waals surface area contributed by atoms with E-state index in [9.17, 15) is 12.8 Å². The maximum absolute atomic E-state index is 13.7. The van der Waals surface area contributed by atoms with Gasteiger partial charge < -0.3 is 10.2 Å². The topological polar surface area (TPSA) is 61.4 Å². The van der Waals surface area contributed by atoms with E-state index in [-0.39, 0.29) is 9.92 Å². The summed E-state index contributed by atoms with van der Waals surface area (Å²) in [6.07, 6.45) is 0.672. The second-order valence-electron chi connectivity index (χ2n) is 4.96. The molecule has 5 nitrogen and oxygen atoms in total. The fraction of sp³-hybridized carbons (Fsp3) is 0.538. The van der Waals surface area contributed by atoms with Crippen LogP contribution in [0.1, 0.15) is 12.0 Å². The van der Waals surface area contributed by atoms with Gasteiger partial charge in [0.2, 0.25) is 10.0 Å². The zero-order valence-corrected chi connectivity index (χ0v) is 14.0. The molecule has 0 bridgehead atoms. The minimum atomic E-state index is -3.73. The van der Waals surface area contributed by atoms with Gasteiger partial charge in [-0.25, -0.2) is 17.5 Å². The highest BCUT2D eigenvalue weighted by Gasteiger charge is 2.18. The molecule has 0 aliphatic heterocycles. The summed E-state index contributed by atoms with van der Waals surface area (Å²) in [6.45, 7) is 1.36. The van der Waals surface area contributed by atoms with Crippen LogP contribution in [-0.2, 0) is 16.6 Å². The van der Waals surface area contributed by atoms with Crippen LogP contribution in [0.4, 0.5) is 4.39 Å². The first-order valence-electron chi connectivity index (χ1n) is 6.55.